The van der Waals surface area contributed by atoms with Crippen LogP contribution in [0, 0.1) is 0 Å². The number of aromatic nitrogens is 3. The fourth-order valence-electron chi connectivity index (χ4n) is 8.19. The van der Waals surface area contributed by atoms with Gasteiger partial charge in [0.1, 0.15) is 29.8 Å². The molecule has 8 rings (SSSR count). The molecule has 0 aliphatic carbocycles. The van der Waals surface area contributed by atoms with Crippen LogP contribution in [-0.4, -0.2) is 58.0 Å². The van der Waals surface area contributed by atoms with Gasteiger partial charge in [0.25, 0.3) is 0 Å². The van der Waals surface area contributed by atoms with Crippen molar-refractivity contribution in [1.29, 1.82) is 0 Å². The van der Waals surface area contributed by atoms with E-state index in [1.54, 1.807) is 60.5 Å². The summed E-state index contributed by atoms with van der Waals surface area (Å²) in [5, 5.41) is 17.5. The minimum absolute atomic E-state index is 0.0368. The molecule has 2 aromatic carbocycles. The van der Waals surface area contributed by atoms with E-state index in [1.165, 1.54) is 18.5 Å². The van der Waals surface area contributed by atoms with Crippen LogP contribution in [0.5, 0.6) is 5.75 Å². The van der Waals surface area contributed by atoms with Crippen LogP contribution in [0.25, 0.3) is 16.7 Å². The third-order valence-corrected chi connectivity index (χ3v) is 12.9. The monoisotopic (exact) mass is 936 g/mol. The van der Waals surface area contributed by atoms with Gasteiger partial charge in [-0.1, -0.05) is 58.5 Å². The minimum atomic E-state index is -3.11. The number of hydrogen-bond donors (Lipinski definition) is 5. The number of benzene rings is 2. The largest absolute Gasteiger partial charge is 0.487 e. The van der Waals surface area contributed by atoms with Gasteiger partial charge in [-0.05, 0) is 94.3 Å². The molecule has 2 fully saturated rings. The molecule has 330 valence electrons. The molecule has 17 heteroatoms. The molecular weight excluding hydrogens is 892 g/mol. The lowest BCUT2D eigenvalue weighted by atomic mass is 9.98. The van der Waals surface area contributed by atoms with Crippen LogP contribution in [0.3, 0.4) is 0 Å². The molecule has 3 aromatic heterocycles. The van der Waals surface area contributed by atoms with Gasteiger partial charge in [0, 0.05) is 97.4 Å². The highest BCUT2D eigenvalue weighted by atomic mass is 35.5. The maximum Gasteiger partial charge on any atom is 0.304 e. The molecule has 6 atom stereocenters. The summed E-state index contributed by atoms with van der Waals surface area (Å²) in [4.78, 5) is 15.1. The Bertz CT molecular complexity index is 2530. The Hall–Kier alpha value is -4.57. The first-order chi connectivity index (χ1) is 30.2. The first-order valence-electron chi connectivity index (χ1n) is 20.6. The summed E-state index contributed by atoms with van der Waals surface area (Å²) in [6.45, 7) is 5.00. The van der Waals surface area contributed by atoms with Gasteiger partial charge < -0.3 is 41.6 Å². The van der Waals surface area contributed by atoms with Gasteiger partial charge in [-0.25, -0.2) is 4.98 Å². The number of alkyl halides is 2. The molecule has 0 bridgehead atoms. The molecule has 63 heavy (non-hydrogen) atoms. The average molecular weight is 939 g/mol. The summed E-state index contributed by atoms with van der Waals surface area (Å²) >= 11 is 27.1. The van der Waals surface area contributed by atoms with E-state index in [2.05, 4.69) is 20.6 Å². The van der Waals surface area contributed by atoms with Crippen LogP contribution in [0.4, 0.5) is 20.3 Å². The Morgan fingerprint density at radius 3 is 2.32 bits per heavy atom. The Balaban J connectivity index is 1.09. The zero-order valence-electron chi connectivity index (χ0n) is 34.3. The van der Waals surface area contributed by atoms with Crippen LogP contribution in [0.1, 0.15) is 79.3 Å². The first-order valence-corrected chi connectivity index (χ1v) is 22.1. The van der Waals surface area contributed by atoms with Gasteiger partial charge >= 0.3 is 5.92 Å². The van der Waals surface area contributed by atoms with Crippen LogP contribution < -0.4 is 31.7 Å². The zero-order valence-corrected chi connectivity index (χ0v) is 37.4. The predicted molar refractivity (Wildman–Crippen MR) is 245 cm³/mol. The number of nitrogens with one attached hydrogen (secondary N) is 2. The Morgan fingerprint density at radius 2 is 1.62 bits per heavy atom. The van der Waals surface area contributed by atoms with Crippen LogP contribution >= 0.6 is 46.4 Å². The van der Waals surface area contributed by atoms with Crippen molar-refractivity contribution >= 4 is 63.5 Å². The third-order valence-electron chi connectivity index (χ3n) is 11.7. The molecule has 0 spiro atoms. The number of rotatable bonds is 13. The van der Waals surface area contributed by atoms with Gasteiger partial charge in [-0.2, -0.15) is 8.78 Å². The lowest BCUT2D eigenvalue weighted by molar-refractivity contribution is -0.0417. The van der Waals surface area contributed by atoms with Crippen molar-refractivity contribution in [3.05, 3.63) is 145 Å². The number of pyridine rings is 3. The normalized spacial score (nSPS) is 21.2. The number of nitrogen functional groups attached to an aromatic ring is 1. The third kappa shape index (κ3) is 9.62. The molecule has 6 heterocycles. The molecule has 5 unspecified atom stereocenters. The number of anilines is 2. The second-order valence-electron chi connectivity index (χ2n) is 16.0. The van der Waals surface area contributed by atoms with E-state index in [-0.39, 0.29) is 35.8 Å². The van der Waals surface area contributed by atoms with Crippen LogP contribution in [0.15, 0.2) is 97.3 Å². The van der Waals surface area contributed by atoms with Gasteiger partial charge in [-0.15, -0.1) is 0 Å². The van der Waals surface area contributed by atoms with Crippen molar-refractivity contribution in [3.8, 4) is 16.9 Å². The maximum absolute atomic E-state index is 15.1. The fourth-order valence-corrected chi connectivity index (χ4v) is 9.23. The van der Waals surface area contributed by atoms with Gasteiger partial charge in [-0.3, -0.25) is 9.97 Å². The Kier molecular flexibility index (Phi) is 13.5. The fraction of sp³-hybridized carbons (Fsp3) is 0.326. The van der Waals surface area contributed by atoms with E-state index in [1.807, 2.05) is 31.3 Å². The van der Waals surface area contributed by atoms with Gasteiger partial charge in [0.15, 0.2) is 11.6 Å². The number of aliphatic hydroxyl groups excluding tert-OH is 1. The smallest absolute Gasteiger partial charge is 0.304 e. The summed E-state index contributed by atoms with van der Waals surface area (Å²) in [6.07, 6.45) is 8.15. The minimum Gasteiger partial charge on any atom is -0.487 e. The highest BCUT2D eigenvalue weighted by Gasteiger charge is 2.44. The number of ether oxygens (including phenoxy) is 2. The number of halogens is 6. The van der Waals surface area contributed by atoms with Crippen molar-refractivity contribution in [2.75, 3.05) is 30.3 Å². The SMILES string of the molecule is CC(OC1=CC(c2ccc(C3CN[C@H](CO)C3)nc2)=CN(c2cc(Cl)cc(C(C)Oc3cc(-c4ccc(C(F)(F)C5CCCN5)nc4)cnc3N)c2Cl)C1N)c1cc(Cl)ccc1Cl. The van der Waals surface area contributed by atoms with E-state index in [9.17, 15) is 5.11 Å². The highest BCUT2D eigenvalue weighted by molar-refractivity contribution is 6.36. The molecule has 11 nitrogen and oxygen atoms in total. The van der Waals surface area contributed by atoms with E-state index >= 15 is 8.78 Å². The average Bonchev–Trinajstić information content (AvgIpc) is 4.01. The maximum atomic E-state index is 15.1. The highest BCUT2D eigenvalue weighted by Crippen LogP contribution is 2.43. The lowest BCUT2D eigenvalue weighted by Crippen LogP contribution is -2.43. The second kappa shape index (κ2) is 18.9. The molecule has 0 amide bonds. The topological polar surface area (TPSA) is 157 Å². The quantitative estimate of drug-likeness (QED) is 0.0766. The van der Waals surface area contributed by atoms with Crippen molar-refractivity contribution in [2.45, 2.75) is 75.4 Å². The van der Waals surface area contributed by atoms with E-state index < -0.39 is 30.3 Å². The summed E-state index contributed by atoms with van der Waals surface area (Å²) < 4.78 is 43.3. The van der Waals surface area contributed by atoms with Crippen LogP contribution in [0.2, 0.25) is 20.1 Å². The summed E-state index contributed by atoms with van der Waals surface area (Å²) in [5.41, 5.74) is 18.3. The molecule has 7 N–H and O–H groups in total. The molecule has 2 saturated heterocycles. The Labute approximate surface area is 384 Å². The molecule has 3 aliphatic rings. The molecule has 5 aromatic rings. The number of nitrogens with zero attached hydrogens (tertiary/aromatic N) is 4. The number of allylic oxidation sites excluding steroid dienone is 2. The van der Waals surface area contributed by atoms with E-state index in [4.69, 9.17) is 72.3 Å². The van der Waals surface area contributed by atoms with E-state index in [0.29, 0.717) is 73.2 Å². The van der Waals surface area contributed by atoms with E-state index in [0.717, 1.165) is 29.8 Å². The number of hydrogen-bond acceptors (Lipinski definition) is 11. The summed E-state index contributed by atoms with van der Waals surface area (Å²) in [6, 6.07) is 16.2. The predicted octanol–water partition coefficient (Wildman–Crippen LogP) is 9.96. The second-order valence-corrected chi connectivity index (χ2v) is 17.7. The molecule has 0 radical (unpaired) electrons. The summed E-state index contributed by atoms with van der Waals surface area (Å²) in [5.74, 6) is -2.19. The molecular formula is C46H46Cl4F2N8O3. The number of nitrogens with two attached hydrogens (primary N) is 2. The van der Waals surface area contributed by atoms with Crippen molar-refractivity contribution in [3.63, 3.8) is 0 Å². The standard InChI is InChI=1S/C46H46Cl4F2N8O3/c1-24(34-15-31(47)7-8-36(34)49)63-40-14-30(27-5-9-37(57-18-27)29-12-33(23-61)56-21-29)22-60(45(40)54)38-17-32(48)16-35(43(38)50)25(2)62-39-13-28(20-59-44(39)53)26-6-10-42(58-19-26)46(51,52)41-4-3-11-55-41/h5-10,13-20,22,24-25,29,33,41,45,55-56,61H,3-4,11-12,21,23,54H2,1-2H3,(H2,53,59)/t24?,25?,29?,33-,41?,45?/m0/s1. The zero-order chi connectivity index (χ0) is 44.6. The van der Waals surface area contributed by atoms with Gasteiger partial charge in [0.2, 0.25) is 0 Å². The summed E-state index contributed by atoms with van der Waals surface area (Å²) in [7, 11) is 0. The molecule has 3 aliphatic heterocycles. The molecule has 0 saturated carbocycles. The van der Waals surface area contributed by atoms with Crippen LogP contribution in [-0.2, 0) is 10.7 Å². The lowest BCUT2D eigenvalue weighted by Gasteiger charge is -2.36. The van der Waals surface area contributed by atoms with Crippen molar-refractivity contribution < 1.29 is 23.4 Å². The van der Waals surface area contributed by atoms with Gasteiger partial charge in [0.05, 0.1) is 23.4 Å². The Morgan fingerprint density at radius 1 is 0.873 bits per heavy atom. The first kappa shape index (κ1) is 45.0. The van der Waals surface area contributed by atoms with Crippen molar-refractivity contribution in [1.82, 2.24) is 25.6 Å². The van der Waals surface area contributed by atoms with Crippen molar-refractivity contribution in [2.24, 2.45) is 5.73 Å². The number of aliphatic hydroxyl groups is 1.